The number of hydrogen-bond donors (Lipinski definition) is 1. The van der Waals surface area contributed by atoms with Crippen LogP contribution in [0.25, 0.3) is 0 Å². The van der Waals surface area contributed by atoms with Crippen molar-refractivity contribution < 1.29 is 0 Å². The summed E-state index contributed by atoms with van der Waals surface area (Å²) in [6.45, 7) is 2.36. The van der Waals surface area contributed by atoms with E-state index in [0.717, 1.165) is 16.8 Å². The van der Waals surface area contributed by atoms with E-state index in [0.29, 0.717) is 0 Å². The lowest BCUT2D eigenvalue weighted by Crippen LogP contribution is -2.59. The standard InChI is InChI=1S/C17H27BrN2/c1-13-8-10-17(11-9-13,20(2)3)16(19)12-14-4-6-15(18)7-5-14/h4-7,13,16H,8-12,19H2,1-3H3. The quantitative estimate of drug-likeness (QED) is 0.903. The summed E-state index contributed by atoms with van der Waals surface area (Å²) >= 11 is 3.49. The van der Waals surface area contributed by atoms with E-state index < -0.39 is 0 Å². The molecule has 1 atom stereocenters. The fourth-order valence-electron chi connectivity index (χ4n) is 3.48. The Labute approximate surface area is 131 Å². The van der Waals surface area contributed by atoms with Crippen LogP contribution in [0.1, 0.15) is 38.2 Å². The summed E-state index contributed by atoms with van der Waals surface area (Å²) in [4.78, 5) is 2.38. The van der Waals surface area contributed by atoms with E-state index in [1.165, 1.54) is 31.2 Å². The minimum atomic E-state index is 0.166. The van der Waals surface area contributed by atoms with Crippen molar-refractivity contribution in [2.75, 3.05) is 14.1 Å². The molecule has 0 aromatic heterocycles. The first-order chi connectivity index (χ1) is 9.44. The maximum atomic E-state index is 6.65. The maximum absolute atomic E-state index is 6.65. The van der Waals surface area contributed by atoms with Crippen LogP contribution in [0.4, 0.5) is 0 Å². The Morgan fingerprint density at radius 3 is 2.30 bits per heavy atom. The molecule has 0 spiro atoms. The predicted octanol–water partition coefficient (Wildman–Crippen LogP) is 3.83. The summed E-state index contributed by atoms with van der Waals surface area (Å²) in [6.07, 6.45) is 6.00. The van der Waals surface area contributed by atoms with Crippen LogP contribution in [0.2, 0.25) is 0 Å². The highest BCUT2D eigenvalue weighted by Gasteiger charge is 2.41. The molecule has 1 fully saturated rings. The van der Waals surface area contributed by atoms with Gasteiger partial charge in [0.2, 0.25) is 0 Å². The smallest absolute Gasteiger partial charge is 0.0357 e. The van der Waals surface area contributed by atoms with E-state index >= 15 is 0 Å². The second kappa shape index (κ2) is 6.59. The largest absolute Gasteiger partial charge is 0.326 e. The summed E-state index contributed by atoms with van der Waals surface area (Å²) in [5, 5.41) is 0. The van der Waals surface area contributed by atoms with Gasteiger partial charge < -0.3 is 10.6 Å². The van der Waals surface area contributed by atoms with E-state index in [-0.39, 0.29) is 11.6 Å². The Morgan fingerprint density at radius 2 is 1.80 bits per heavy atom. The monoisotopic (exact) mass is 338 g/mol. The van der Waals surface area contributed by atoms with Gasteiger partial charge in [0, 0.05) is 16.1 Å². The summed E-state index contributed by atoms with van der Waals surface area (Å²) in [7, 11) is 4.38. The van der Waals surface area contributed by atoms with Gasteiger partial charge in [0.25, 0.3) is 0 Å². The summed E-state index contributed by atoms with van der Waals surface area (Å²) in [5.41, 5.74) is 8.15. The minimum Gasteiger partial charge on any atom is -0.326 e. The molecular formula is C17H27BrN2. The summed E-state index contributed by atoms with van der Waals surface area (Å²) in [6, 6.07) is 8.77. The minimum absolute atomic E-state index is 0.166. The molecule has 112 valence electrons. The lowest BCUT2D eigenvalue weighted by atomic mass is 9.71. The van der Waals surface area contributed by atoms with Crippen molar-refractivity contribution in [1.29, 1.82) is 0 Å². The Kier molecular flexibility index (Phi) is 5.27. The zero-order valence-corrected chi connectivity index (χ0v) is 14.5. The normalized spacial score (nSPS) is 28.6. The third-order valence-corrected chi connectivity index (χ3v) is 5.62. The van der Waals surface area contributed by atoms with Gasteiger partial charge in [0.05, 0.1) is 0 Å². The van der Waals surface area contributed by atoms with Gasteiger partial charge in [0.15, 0.2) is 0 Å². The van der Waals surface area contributed by atoms with Crippen molar-refractivity contribution in [3.05, 3.63) is 34.3 Å². The van der Waals surface area contributed by atoms with E-state index in [1.807, 2.05) is 0 Å². The summed E-state index contributed by atoms with van der Waals surface area (Å²) < 4.78 is 1.13. The van der Waals surface area contributed by atoms with Gasteiger partial charge in [-0.05, 0) is 69.8 Å². The number of halogens is 1. The van der Waals surface area contributed by atoms with Crippen molar-refractivity contribution in [3.8, 4) is 0 Å². The second-order valence-electron chi connectivity index (χ2n) is 6.62. The van der Waals surface area contributed by atoms with Crippen LogP contribution < -0.4 is 5.73 Å². The van der Waals surface area contributed by atoms with Crippen LogP contribution in [-0.4, -0.2) is 30.6 Å². The number of benzene rings is 1. The van der Waals surface area contributed by atoms with Crippen LogP contribution in [0, 0.1) is 5.92 Å². The molecule has 2 N–H and O–H groups in total. The lowest BCUT2D eigenvalue weighted by Gasteiger charge is -2.48. The molecule has 1 saturated carbocycles. The third kappa shape index (κ3) is 3.44. The van der Waals surface area contributed by atoms with E-state index in [9.17, 15) is 0 Å². The molecule has 1 aromatic rings. The fourth-order valence-corrected chi connectivity index (χ4v) is 3.74. The Morgan fingerprint density at radius 1 is 1.25 bits per heavy atom. The van der Waals surface area contributed by atoms with E-state index in [1.54, 1.807) is 0 Å². The van der Waals surface area contributed by atoms with Gasteiger partial charge in [-0.2, -0.15) is 0 Å². The van der Waals surface area contributed by atoms with Gasteiger partial charge in [-0.15, -0.1) is 0 Å². The van der Waals surface area contributed by atoms with Crippen molar-refractivity contribution in [3.63, 3.8) is 0 Å². The summed E-state index contributed by atoms with van der Waals surface area (Å²) in [5.74, 6) is 0.850. The Hall–Kier alpha value is -0.380. The van der Waals surface area contributed by atoms with Crippen LogP contribution in [-0.2, 0) is 6.42 Å². The third-order valence-electron chi connectivity index (χ3n) is 5.09. The average molecular weight is 339 g/mol. The van der Waals surface area contributed by atoms with Gasteiger partial charge in [-0.3, -0.25) is 0 Å². The first kappa shape index (κ1) is 16.0. The van der Waals surface area contributed by atoms with Crippen molar-refractivity contribution in [2.24, 2.45) is 11.7 Å². The van der Waals surface area contributed by atoms with Crippen molar-refractivity contribution in [2.45, 2.75) is 50.6 Å². The molecule has 2 nitrogen and oxygen atoms in total. The molecule has 0 aliphatic heterocycles. The predicted molar refractivity (Wildman–Crippen MR) is 89.9 cm³/mol. The molecular weight excluding hydrogens is 312 g/mol. The molecule has 1 aliphatic rings. The molecule has 3 heteroatoms. The van der Waals surface area contributed by atoms with Crippen LogP contribution in [0.5, 0.6) is 0 Å². The van der Waals surface area contributed by atoms with Crippen molar-refractivity contribution >= 4 is 15.9 Å². The average Bonchev–Trinajstić information content (AvgIpc) is 2.42. The SMILES string of the molecule is CC1CCC(C(N)Cc2ccc(Br)cc2)(N(C)C)CC1. The van der Waals surface area contributed by atoms with E-state index in [4.69, 9.17) is 5.73 Å². The molecule has 0 heterocycles. The topological polar surface area (TPSA) is 29.3 Å². The molecule has 0 bridgehead atoms. The zero-order chi connectivity index (χ0) is 14.8. The Bertz CT molecular complexity index is 419. The number of rotatable bonds is 4. The van der Waals surface area contributed by atoms with Gasteiger partial charge in [-0.25, -0.2) is 0 Å². The first-order valence-corrected chi connectivity index (χ1v) is 8.41. The highest BCUT2D eigenvalue weighted by atomic mass is 79.9. The zero-order valence-electron chi connectivity index (χ0n) is 12.9. The molecule has 0 radical (unpaired) electrons. The van der Waals surface area contributed by atoms with Crippen LogP contribution in [0.3, 0.4) is 0 Å². The molecule has 1 aliphatic carbocycles. The number of likely N-dealkylation sites (N-methyl/N-ethyl adjacent to an activating group) is 1. The fraction of sp³-hybridized carbons (Fsp3) is 0.647. The highest BCUT2D eigenvalue weighted by Crippen LogP contribution is 2.38. The molecule has 0 saturated heterocycles. The second-order valence-corrected chi connectivity index (χ2v) is 7.53. The Balaban J connectivity index is 2.11. The maximum Gasteiger partial charge on any atom is 0.0357 e. The van der Waals surface area contributed by atoms with Crippen LogP contribution >= 0.6 is 15.9 Å². The molecule has 0 amide bonds. The first-order valence-electron chi connectivity index (χ1n) is 7.61. The molecule has 20 heavy (non-hydrogen) atoms. The number of hydrogen-bond acceptors (Lipinski definition) is 2. The number of nitrogens with zero attached hydrogens (tertiary/aromatic N) is 1. The van der Waals surface area contributed by atoms with Gasteiger partial charge >= 0.3 is 0 Å². The van der Waals surface area contributed by atoms with Gasteiger partial charge in [-0.1, -0.05) is 35.0 Å². The molecule has 2 rings (SSSR count). The van der Waals surface area contributed by atoms with Crippen molar-refractivity contribution in [1.82, 2.24) is 4.90 Å². The van der Waals surface area contributed by atoms with Gasteiger partial charge in [0.1, 0.15) is 0 Å². The molecule has 1 unspecified atom stereocenters. The number of nitrogens with two attached hydrogens (primary N) is 1. The van der Waals surface area contributed by atoms with E-state index in [2.05, 4.69) is 66.1 Å². The highest BCUT2D eigenvalue weighted by molar-refractivity contribution is 9.10. The van der Waals surface area contributed by atoms with Crippen LogP contribution in [0.15, 0.2) is 28.7 Å². The molecule has 1 aromatic carbocycles. The lowest BCUT2D eigenvalue weighted by molar-refractivity contribution is 0.0568.